The van der Waals surface area contributed by atoms with Crippen LogP contribution in [0.15, 0.2) is 6.07 Å². The zero-order chi connectivity index (χ0) is 12.3. The van der Waals surface area contributed by atoms with Gasteiger partial charge in [0.15, 0.2) is 0 Å². The molecule has 1 aromatic heterocycles. The first-order chi connectivity index (χ1) is 8.19. The van der Waals surface area contributed by atoms with Crippen LogP contribution in [0.2, 0.25) is 0 Å². The van der Waals surface area contributed by atoms with Crippen LogP contribution in [-0.2, 0) is 19.9 Å². The molecule has 3 heteroatoms. The van der Waals surface area contributed by atoms with Gasteiger partial charge in [-0.1, -0.05) is 26.2 Å². The number of hydrogen-bond acceptors (Lipinski definition) is 1. The fourth-order valence-electron chi connectivity index (χ4n) is 2.81. The molecule has 2 nitrogen and oxygen atoms in total. The van der Waals surface area contributed by atoms with Gasteiger partial charge in [0, 0.05) is 18.1 Å². The zero-order valence-electron chi connectivity index (χ0n) is 11.0. The van der Waals surface area contributed by atoms with Gasteiger partial charge < -0.3 is 0 Å². The minimum atomic E-state index is 0.390. The third kappa shape index (κ3) is 3.48. The van der Waals surface area contributed by atoms with Crippen molar-refractivity contribution in [3.05, 3.63) is 17.5 Å². The van der Waals surface area contributed by atoms with Gasteiger partial charge in [0.05, 0.1) is 5.69 Å². The molecule has 0 N–H and O–H groups in total. The van der Waals surface area contributed by atoms with Gasteiger partial charge in [0.25, 0.3) is 0 Å². The van der Waals surface area contributed by atoms with E-state index in [0.717, 1.165) is 18.8 Å². The van der Waals surface area contributed by atoms with E-state index in [1.54, 1.807) is 0 Å². The van der Waals surface area contributed by atoms with Crippen LogP contribution in [-0.4, -0.2) is 15.2 Å². The van der Waals surface area contributed by atoms with Gasteiger partial charge >= 0.3 is 0 Å². The van der Waals surface area contributed by atoms with Crippen molar-refractivity contribution in [1.29, 1.82) is 0 Å². The van der Waals surface area contributed by atoms with E-state index >= 15 is 0 Å². The summed E-state index contributed by atoms with van der Waals surface area (Å²) < 4.78 is 2.05. The molecule has 0 bridgehead atoms. The maximum Gasteiger partial charge on any atom is 0.0624 e. The van der Waals surface area contributed by atoms with Crippen molar-refractivity contribution in [2.75, 3.05) is 0 Å². The largest absolute Gasteiger partial charge is 0.272 e. The Balaban J connectivity index is 2.00. The first-order valence-corrected chi connectivity index (χ1v) is 7.28. The van der Waals surface area contributed by atoms with E-state index in [4.69, 9.17) is 11.6 Å². The molecule has 0 aliphatic heterocycles. The Morgan fingerprint density at radius 3 is 2.88 bits per heavy atom. The molecule has 1 saturated carbocycles. The minimum Gasteiger partial charge on any atom is -0.272 e. The molecular formula is C14H23ClN2. The molecule has 1 aliphatic carbocycles. The Bertz CT molecular complexity index is 359. The van der Waals surface area contributed by atoms with Gasteiger partial charge in [-0.05, 0) is 37.7 Å². The third-order valence-corrected chi connectivity index (χ3v) is 4.25. The molecule has 1 heterocycles. The number of hydrogen-bond donors (Lipinski definition) is 0. The second-order valence-corrected chi connectivity index (χ2v) is 5.91. The minimum absolute atomic E-state index is 0.390. The third-order valence-electron chi connectivity index (χ3n) is 3.86. The van der Waals surface area contributed by atoms with Gasteiger partial charge in [-0.2, -0.15) is 5.10 Å². The van der Waals surface area contributed by atoms with Gasteiger partial charge in [0.2, 0.25) is 0 Å². The lowest BCUT2D eigenvalue weighted by molar-refractivity contribution is 0.446. The molecule has 0 aromatic carbocycles. The maximum absolute atomic E-state index is 6.33. The Kier molecular flexibility index (Phi) is 4.49. The number of halogens is 1. The fourth-order valence-corrected chi connectivity index (χ4v) is 3.22. The van der Waals surface area contributed by atoms with Crippen LogP contribution in [0, 0.1) is 5.92 Å². The van der Waals surface area contributed by atoms with E-state index in [9.17, 15) is 0 Å². The standard InChI is InChI=1S/C14H23ClN2/c1-3-13-10-14(17(2)16-13)9-11-6-4-5-7-12(15)8-11/h10-12H,3-9H2,1-2H3. The number of aromatic nitrogens is 2. The molecule has 1 fully saturated rings. The fraction of sp³-hybridized carbons (Fsp3) is 0.786. The van der Waals surface area contributed by atoms with E-state index in [0.29, 0.717) is 5.38 Å². The van der Waals surface area contributed by atoms with Crippen LogP contribution in [0.5, 0.6) is 0 Å². The molecule has 0 spiro atoms. The topological polar surface area (TPSA) is 17.8 Å². The molecule has 2 unspecified atom stereocenters. The Morgan fingerprint density at radius 1 is 1.41 bits per heavy atom. The predicted octanol–water partition coefficient (Wildman–Crippen LogP) is 3.71. The summed E-state index contributed by atoms with van der Waals surface area (Å²) in [5, 5.41) is 4.91. The van der Waals surface area contributed by atoms with Crippen molar-refractivity contribution in [2.45, 2.75) is 57.2 Å². The van der Waals surface area contributed by atoms with Gasteiger partial charge in [-0.3, -0.25) is 4.68 Å². The number of nitrogens with zero attached hydrogens (tertiary/aromatic N) is 2. The number of rotatable bonds is 3. The molecule has 2 atom stereocenters. The van der Waals surface area contributed by atoms with Gasteiger partial charge in [-0.15, -0.1) is 11.6 Å². The van der Waals surface area contributed by atoms with Crippen molar-refractivity contribution >= 4 is 11.6 Å². The molecule has 0 radical (unpaired) electrons. The van der Waals surface area contributed by atoms with Crippen molar-refractivity contribution in [3.8, 4) is 0 Å². The van der Waals surface area contributed by atoms with E-state index in [1.807, 2.05) is 4.68 Å². The van der Waals surface area contributed by atoms with Gasteiger partial charge in [-0.25, -0.2) is 0 Å². The summed E-state index contributed by atoms with van der Waals surface area (Å²) in [4.78, 5) is 0. The molecule has 0 amide bonds. The highest BCUT2D eigenvalue weighted by molar-refractivity contribution is 6.20. The number of aryl methyl sites for hydroxylation is 2. The second kappa shape index (κ2) is 5.90. The van der Waals surface area contributed by atoms with Crippen LogP contribution in [0.3, 0.4) is 0 Å². The summed E-state index contributed by atoms with van der Waals surface area (Å²) in [5.41, 5.74) is 2.58. The molecule has 96 valence electrons. The summed E-state index contributed by atoms with van der Waals surface area (Å²) in [6, 6.07) is 2.26. The highest BCUT2D eigenvalue weighted by atomic mass is 35.5. The number of alkyl halides is 1. The van der Waals surface area contributed by atoms with Crippen LogP contribution >= 0.6 is 11.6 Å². The van der Waals surface area contributed by atoms with E-state index in [2.05, 4.69) is 25.1 Å². The Hall–Kier alpha value is -0.500. The van der Waals surface area contributed by atoms with Crippen molar-refractivity contribution in [2.24, 2.45) is 13.0 Å². The normalized spacial score (nSPS) is 25.8. The van der Waals surface area contributed by atoms with Crippen LogP contribution in [0.25, 0.3) is 0 Å². The van der Waals surface area contributed by atoms with Crippen LogP contribution in [0.4, 0.5) is 0 Å². The Morgan fingerprint density at radius 2 is 2.18 bits per heavy atom. The SMILES string of the molecule is CCc1cc(CC2CCCCC(Cl)C2)n(C)n1. The van der Waals surface area contributed by atoms with Crippen LogP contribution < -0.4 is 0 Å². The molecule has 1 aliphatic rings. The summed E-state index contributed by atoms with van der Waals surface area (Å²) in [6.45, 7) is 2.16. The van der Waals surface area contributed by atoms with Crippen molar-refractivity contribution in [3.63, 3.8) is 0 Å². The van der Waals surface area contributed by atoms with E-state index < -0.39 is 0 Å². The smallest absolute Gasteiger partial charge is 0.0624 e. The molecule has 2 rings (SSSR count). The highest BCUT2D eigenvalue weighted by Gasteiger charge is 2.20. The summed E-state index contributed by atoms with van der Waals surface area (Å²) in [5.74, 6) is 0.750. The summed E-state index contributed by atoms with van der Waals surface area (Å²) in [6.07, 6.45) is 8.51. The molecular weight excluding hydrogens is 232 g/mol. The maximum atomic E-state index is 6.33. The summed E-state index contributed by atoms with van der Waals surface area (Å²) in [7, 11) is 2.06. The average molecular weight is 255 g/mol. The Labute approximate surface area is 109 Å². The van der Waals surface area contributed by atoms with E-state index in [-0.39, 0.29) is 0 Å². The van der Waals surface area contributed by atoms with Crippen LogP contribution in [0.1, 0.15) is 50.4 Å². The lowest BCUT2D eigenvalue weighted by Gasteiger charge is -2.15. The zero-order valence-corrected chi connectivity index (χ0v) is 11.7. The van der Waals surface area contributed by atoms with Crippen molar-refractivity contribution in [1.82, 2.24) is 9.78 Å². The second-order valence-electron chi connectivity index (χ2n) is 5.29. The first-order valence-electron chi connectivity index (χ1n) is 6.85. The molecule has 1 aromatic rings. The average Bonchev–Trinajstić information content (AvgIpc) is 2.52. The quantitative estimate of drug-likeness (QED) is 0.594. The summed E-state index contributed by atoms with van der Waals surface area (Å²) >= 11 is 6.33. The van der Waals surface area contributed by atoms with Gasteiger partial charge in [0.1, 0.15) is 0 Å². The molecule has 17 heavy (non-hydrogen) atoms. The van der Waals surface area contributed by atoms with Crippen molar-refractivity contribution < 1.29 is 0 Å². The predicted molar refractivity (Wildman–Crippen MR) is 72.5 cm³/mol. The monoisotopic (exact) mass is 254 g/mol. The highest BCUT2D eigenvalue weighted by Crippen LogP contribution is 2.29. The lowest BCUT2D eigenvalue weighted by Crippen LogP contribution is -2.11. The molecule has 0 saturated heterocycles. The lowest BCUT2D eigenvalue weighted by atomic mass is 9.94. The van der Waals surface area contributed by atoms with E-state index in [1.165, 1.54) is 43.5 Å². The first kappa shape index (κ1) is 12.9.